The molecule has 1 aliphatic rings. The number of rotatable bonds is 3. The molecule has 2 aromatic rings. The predicted octanol–water partition coefficient (Wildman–Crippen LogP) is 4.43. The summed E-state index contributed by atoms with van der Waals surface area (Å²) < 4.78 is 0. The average molecular weight is 350 g/mol. The van der Waals surface area contributed by atoms with E-state index in [-0.39, 0.29) is 11.8 Å². The average Bonchev–Trinajstić information content (AvgIpc) is 2.61. The molecule has 1 aliphatic heterocycles. The molecule has 1 N–H and O–H groups in total. The second-order valence-corrected chi connectivity index (χ2v) is 7.39. The lowest BCUT2D eigenvalue weighted by Crippen LogP contribution is -2.38. The molecule has 2 amide bonds. The van der Waals surface area contributed by atoms with Gasteiger partial charge in [0.1, 0.15) is 0 Å². The van der Waals surface area contributed by atoms with Crippen LogP contribution in [-0.4, -0.2) is 29.8 Å². The number of benzene rings is 2. The lowest BCUT2D eigenvalue weighted by atomic mass is 9.98. The van der Waals surface area contributed by atoms with Crippen LogP contribution in [0.15, 0.2) is 42.5 Å². The van der Waals surface area contributed by atoms with E-state index in [9.17, 15) is 9.59 Å². The normalized spacial score (nSPS) is 15.0. The molecule has 0 radical (unpaired) electrons. The number of hydrogen-bond acceptors (Lipinski definition) is 2. The number of aryl methyl sites for hydroxylation is 2. The Balaban J connectivity index is 1.74. The molecule has 4 heteroatoms. The summed E-state index contributed by atoms with van der Waals surface area (Å²) >= 11 is 0. The van der Waals surface area contributed by atoms with Gasteiger partial charge in [0, 0.05) is 29.9 Å². The summed E-state index contributed by atoms with van der Waals surface area (Å²) in [6.45, 7) is 7.81. The van der Waals surface area contributed by atoms with E-state index < -0.39 is 0 Å². The summed E-state index contributed by atoms with van der Waals surface area (Å²) in [5.41, 5.74) is 4.05. The predicted molar refractivity (Wildman–Crippen MR) is 105 cm³/mol. The van der Waals surface area contributed by atoms with Crippen molar-refractivity contribution < 1.29 is 9.59 Å². The van der Waals surface area contributed by atoms with Crippen LogP contribution in [0.1, 0.15) is 51.6 Å². The molecule has 0 aromatic heterocycles. The van der Waals surface area contributed by atoms with Crippen molar-refractivity contribution in [1.29, 1.82) is 0 Å². The fraction of sp³-hybridized carbons (Fsp3) is 0.364. The van der Waals surface area contributed by atoms with Crippen molar-refractivity contribution in [3.05, 3.63) is 64.7 Å². The zero-order chi connectivity index (χ0) is 18.7. The first kappa shape index (κ1) is 18.2. The van der Waals surface area contributed by atoms with E-state index in [0.717, 1.165) is 42.7 Å². The SMILES string of the molecule is Cc1cc(C)cc(NC(=O)c2cccc(C(=O)N3CCC(C)CC3)c2)c1. The van der Waals surface area contributed by atoms with Crippen LogP contribution >= 0.6 is 0 Å². The van der Waals surface area contributed by atoms with Gasteiger partial charge in [0.2, 0.25) is 0 Å². The van der Waals surface area contributed by atoms with Crippen LogP contribution in [0.5, 0.6) is 0 Å². The van der Waals surface area contributed by atoms with Gasteiger partial charge in [-0.15, -0.1) is 0 Å². The maximum Gasteiger partial charge on any atom is 0.255 e. The Bertz CT molecular complexity index is 800. The van der Waals surface area contributed by atoms with Crippen LogP contribution in [-0.2, 0) is 0 Å². The zero-order valence-electron chi connectivity index (χ0n) is 15.7. The molecule has 2 aromatic carbocycles. The minimum Gasteiger partial charge on any atom is -0.339 e. The number of carbonyl (C=O) groups is 2. The third-order valence-corrected chi connectivity index (χ3v) is 4.92. The molecule has 1 heterocycles. The fourth-order valence-electron chi connectivity index (χ4n) is 3.44. The lowest BCUT2D eigenvalue weighted by Gasteiger charge is -2.30. The van der Waals surface area contributed by atoms with E-state index in [1.165, 1.54) is 0 Å². The Morgan fingerprint density at radius 2 is 1.58 bits per heavy atom. The Morgan fingerprint density at radius 1 is 0.962 bits per heavy atom. The molecular weight excluding hydrogens is 324 g/mol. The zero-order valence-corrected chi connectivity index (χ0v) is 15.7. The number of likely N-dealkylation sites (tertiary alicyclic amines) is 1. The van der Waals surface area contributed by atoms with E-state index in [1.54, 1.807) is 24.3 Å². The highest BCUT2D eigenvalue weighted by Gasteiger charge is 2.22. The Kier molecular flexibility index (Phi) is 5.40. The number of carbonyl (C=O) groups excluding carboxylic acids is 2. The maximum absolute atomic E-state index is 12.7. The van der Waals surface area contributed by atoms with Gasteiger partial charge in [-0.1, -0.05) is 19.1 Å². The number of amides is 2. The third kappa shape index (κ3) is 4.31. The smallest absolute Gasteiger partial charge is 0.255 e. The van der Waals surface area contributed by atoms with Gasteiger partial charge in [0.25, 0.3) is 11.8 Å². The Hall–Kier alpha value is -2.62. The first-order valence-corrected chi connectivity index (χ1v) is 9.21. The van der Waals surface area contributed by atoms with Crippen molar-refractivity contribution in [2.75, 3.05) is 18.4 Å². The van der Waals surface area contributed by atoms with Crippen LogP contribution in [0, 0.1) is 19.8 Å². The molecular formula is C22H26N2O2. The Morgan fingerprint density at radius 3 is 2.23 bits per heavy atom. The molecule has 136 valence electrons. The molecule has 1 saturated heterocycles. The summed E-state index contributed by atoms with van der Waals surface area (Å²) in [4.78, 5) is 27.2. The van der Waals surface area contributed by atoms with Crippen molar-refractivity contribution >= 4 is 17.5 Å². The summed E-state index contributed by atoms with van der Waals surface area (Å²) in [7, 11) is 0. The Labute approximate surface area is 155 Å². The maximum atomic E-state index is 12.7. The van der Waals surface area contributed by atoms with Crippen LogP contribution in [0.3, 0.4) is 0 Å². The second kappa shape index (κ2) is 7.73. The lowest BCUT2D eigenvalue weighted by molar-refractivity contribution is 0.0697. The first-order chi connectivity index (χ1) is 12.4. The van der Waals surface area contributed by atoms with E-state index >= 15 is 0 Å². The van der Waals surface area contributed by atoms with E-state index in [2.05, 4.69) is 18.3 Å². The number of nitrogens with one attached hydrogen (secondary N) is 1. The highest BCUT2D eigenvalue weighted by Crippen LogP contribution is 2.19. The van der Waals surface area contributed by atoms with Gasteiger partial charge in [0.15, 0.2) is 0 Å². The second-order valence-electron chi connectivity index (χ2n) is 7.39. The fourth-order valence-corrected chi connectivity index (χ4v) is 3.44. The van der Waals surface area contributed by atoms with Crippen LogP contribution in [0.25, 0.3) is 0 Å². The van der Waals surface area contributed by atoms with Gasteiger partial charge in [0.05, 0.1) is 0 Å². The minimum absolute atomic E-state index is 0.0120. The van der Waals surface area contributed by atoms with Crippen LogP contribution in [0.2, 0.25) is 0 Å². The van der Waals surface area contributed by atoms with Crippen molar-refractivity contribution in [2.45, 2.75) is 33.6 Å². The molecule has 4 nitrogen and oxygen atoms in total. The number of hydrogen-bond donors (Lipinski definition) is 1. The van der Waals surface area contributed by atoms with Crippen LogP contribution in [0.4, 0.5) is 5.69 Å². The van der Waals surface area contributed by atoms with Crippen molar-refractivity contribution in [3.8, 4) is 0 Å². The van der Waals surface area contributed by atoms with E-state index in [0.29, 0.717) is 17.0 Å². The summed E-state index contributed by atoms with van der Waals surface area (Å²) in [6, 6.07) is 12.9. The van der Waals surface area contributed by atoms with Gasteiger partial charge < -0.3 is 10.2 Å². The summed E-state index contributed by atoms with van der Waals surface area (Å²) in [6.07, 6.45) is 2.08. The quantitative estimate of drug-likeness (QED) is 0.890. The first-order valence-electron chi connectivity index (χ1n) is 9.21. The number of anilines is 1. The standard InChI is InChI=1S/C22H26N2O2/c1-15-7-9-24(10-8-15)22(26)19-6-4-5-18(14-19)21(25)23-20-12-16(2)11-17(3)13-20/h4-6,11-15H,7-10H2,1-3H3,(H,23,25). The molecule has 26 heavy (non-hydrogen) atoms. The topological polar surface area (TPSA) is 49.4 Å². The molecule has 0 aliphatic carbocycles. The van der Waals surface area contributed by atoms with Gasteiger partial charge in [-0.2, -0.15) is 0 Å². The summed E-state index contributed by atoms with van der Waals surface area (Å²) in [5.74, 6) is 0.490. The largest absolute Gasteiger partial charge is 0.339 e. The molecule has 1 fully saturated rings. The molecule has 0 bridgehead atoms. The van der Waals surface area contributed by atoms with Crippen LogP contribution < -0.4 is 5.32 Å². The monoisotopic (exact) mass is 350 g/mol. The number of nitrogens with zero attached hydrogens (tertiary/aromatic N) is 1. The van der Waals surface area contributed by atoms with Gasteiger partial charge in [-0.25, -0.2) is 0 Å². The molecule has 0 spiro atoms. The van der Waals surface area contributed by atoms with Gasteiger partial charge in [-0.3, -0.25) is 9.59 Å². The highest BCUT2D eigenvalue weighted by molar-refractivity contribution is 6.06. The van der Waals surface area contributed by atoms with Crippen molar-refractivity contribution in [1.82, 2.24) is 4.90 Å². The van der Waals surface area contributed by atoms with E-state index in [4.69, 9.17) is 0 Å². The molecule has 3 rings (SSSR count). The minimum atomic E-state index is -0.197. The molecule has 0 atom stereocenters. The summed E-state index contributed by atoms with van der Waals surface area (Å²) in [5, 5.41) is 2.93. The van der Waals surface area contributed by atoms with E-state index in [1.807, 2.05) is 30.9 Å². The van der Waals surface area contributed by atoms with Gasteiger partial charge >= 0.3 is 0 Å². The number of piperidine rings is 1. The third-order valence-electron chi connectivity index (χ3n) is 4.92. The van der Waals surface area contributed by atoms with Crippen molar-refractivity contribution in [2.24, 2.45) is 5.92 Å². The highest BCUT2D eigenvalue weighted by atomic mass is 16.2. The van der Waals surface area contributed by atoms with Gasteiger partial charge in [-0.05, 0) is 74.1 Å². The molecule has 0 unspecified atom stereocenters. The van der Waals surface area contributed by atoms with Crippen molar-refractivity contribution in [3.63, 3.8) is 0 Å². The molecule has 0 saturated carbocycles.